The van der Waals surface area contributed by atoms with E-state index < -0.39 is 4.75 Å². The molecule has 0 radical (unpaired) electrons. The molecule has 82 valence electrons. The first-order chi connectivity index (χ1) is 6.95. The monoisotopic (exact) mass is 225 g/mol. The number of rotatable bonds is 4. The predicted molar refractivity (Wildman–Crippen MR) is 62.1 cm³/mol. The third-order valence-electron chi connectivity index (χ3n) is 2.01. The van der Waals surface area contributed by atoms with E-state index >= 15 is 0 Å². The minimum absolute atomic E-state index is 0.324. The first-order valence-corrected chi connectivity index (χ1v) is 5.40. The highest BCUT2D eigenvalue weighted by molar-refractivity contribution is 8.01. The summed E-state index contributed by atoms with van der Waals surface area (Å²) in [5, 5.41) is 0. The average molecular weight is 225 g/mol. The Labute approximate surface area is 94.0 Å². The molecule has 0 atom stereocenters. The second-order valence-electron chi connectivity index (χ2n) is 3.66. The second-order valence-corrected chi connectivity index (χ2v) is 5.35. The highest BCUT2D eigenvalue weighted by Crippen LogP contribution is 2.33. The van der Waals surface area contributed by atoms with Gasteiger partial charge in [-0.15, -0.1) is 11.8 Å². The first kappa shape index (κ1) is 11.9. The Morgan fingerprint density at radius 2 is 2.13 bits per heavy atom. The SMILES string of the molecule is COc1cccc(SC(C)(C)C(N)=O)c1. The van der Waals surface area contributed by atoms with Gasteiger partial charge >= 0.3 is 0 Å². The van der Waals surface area contributed by atoms with Crippen LogP contribution in [0.4, 0.5) is 0 Å². The molecule has 15 heavy (non-hydrogen) atoms. The van der Waals surface area contributed by atoms with Crippen LogP contribution in [0, 0.1) is 0 Å². The summed E-state index contributed by atoms with van der Waals surface area (Å²) in [5.74, 6) is 0.454. The molecule has 0 aliphatic heterocycles. The largest absolute Gasteiger partial charge is 0.497 e. The Hall–Kier alpha value is -1.16. The van der Waals surface area contributed by atoms with Crippen LogP contribution in [0.5, 0.6) is 5.75 Å². The van der Waals surface area contributed by atoms with Crippen molar-refractivity contribution >= 4 is 17.7 Å². The zero-order chi connectivity index (χ0) is 11.5. The van der Waals surface area contributed by atoms with Gasteiger partial charge in [0.05, 0.1) is 11.9 Å². The van der Waals surface area contributed by atoms with Gasteiger partial charge in [0.1, 0.15) is 5.75 Å². The maximum absolute atomic E-state index is 11.2. The fourth-order valence-electron chi connectivity index (χ4n) is 1.01. The summed E-state index contributed by atoms with van der Waals surface area (Å²) in [4.78, 5) is 12.1. The van der Waals surface area contributed by atoms with Crippen molar-refractivity contribution in [2.45, 2.75) is 23.5 Å². The molecule has 0 heterocycles. The molecular weight excluding hydrogens is 210 g/mol. The Morgan fingerprint density at radius 3 is 2.67 bits per heavy atom. The zero-order valence-electron chi connectivity index (χ0n) is 9.11. The molecule has 1 aromatic rings. The number of thioether (sulfide) groups is 1. The van der Waals surface area contributed by atoms with Crippen LogP contribution in [-0.2, 0) is 4.79 Å². The molecule has 3 nitrogen and oxygen atoms in total. The molecule has 0 spiro atoms. The molecule has 4 heteroatoms. The number of hydrogen-bond donors (Lipinski definition) is 1. The van der Waals surface area contributed by atoms with Crippen molar-refractivity contribution in [1.82, 2.24) is 0 Å². The number of methoxy groups -OCH3 is 1. The Kier molecular flexibility index (Phi) is 3.63. The quantitative estimate of drug-likeness (QED) is 0.798. The fraction of sp³-hybridized carbons (Fsp3) is 0.364. The normalized spacial score (nSPS) is 11.1. The minimum atomic E-state index is -0.605. The maximum atomic E-state index is 11.2. The summed E-state index contributed by atoms with van der Waals surface area (Å²) in [6.07, 6.45) is 0. The van der Waals surface area contributed by atoms with E-state index in [9.17, 15) is 4.79 Å². The predicted octanol–water partition coefficient (Wildman–Crippen LogP) is 2.05. The second kappa shape index (κ2) is 4.57. The molecule has 0 unspecified atom stereocenters. The molecule has 2 N–H and O–H groups in total. The summed E-state index contributed by atoms with van der Waals surface area (Å²) in [5.41, 5.74) is 5.30. The number of carbonyl (C=O) groups excluding carboxylic acids is 1. The van der Waals surface area contributed by atoms with E-state index in [1.807, 2.05) is 24.3 Å². The lowest BCUT2D eigenvalue weighted by Gasteiger charge is -2.19. The van der Waals surface area contributed by atoms with Gasteiger partial charge in [-0.1, -0.05) is 6.07 Å². The molecule has 0 saturated carbocycles. The number of primary amides is 1. The lowest BCUT2D eigenvalue weighted by Crippen LogP contribution is -2.34. The van der Waals surface area contributed by atoms with Crippen molar-refractivity contribution in [2.24, 2.45) is 5.73 Å². The molecule has 0 bridgehead atoms. The molecule has 0 aliphatic carbocycles. The van der Waals surface area contributed by atoms with Gasteiger partial charge in [0.25, 0.3) is 0 Å². The Bertz CT molecular complexity index is 363. The standard InChI is InChI=1S/C11H15NO2S/c1-11(2,10(12)13)15-9-6-4-5-8(7-9)14-3/h4-7H,1-3H3,(H2,12,13). The van der Waals surface area contributed by atoms with Crippen molar-refractivity contribution < 1.29 is 9.53 Å². The molecule has 1 aromatic carbocycles. The van der Waals surface area contributed by atoms with Crippen molar-refractivity contribution in [3.8, 4) is 5.75 Å². The Balaban J connectivity index is 2.85. The van der Waals surface area contributed by atoms with E-state index in [-0.39, 0.29) is 5.91 Å². The number of ether oxygens (including phenoxy) is 1. The Morgan fingerprint density at radius 1 is 1.47 bits per heavy atom. The van der Waals surface area contributed by atoms with Crippen molar-refractivity contribution in [1.29, 1.82) is 0 Å². The van der Waals surface area contributed by atoms with Crippen molar-refractivity contribution in [2.75, 3.05) is 7.11 Å². The third-order valence-corrected chi connectivity index (χ3v) is 3.21. The van der Waals surface area contributed by atoms with Crippen molar-refractivity contribution in [3.05, 3.63) is 24.3 Å². The van der Waals surface area contributed by atoms with Gasteiger partial charge in [-0.05, 0) is 32.0 Å². The smallest absolute Gasteiger partial charge is 0.233 e. The van der Waals surface area contributed by atoms with Crippen LogP contribution in [0.15, 0.2) is 29.2 Å². The number of nitrogens with two attached hydrogens (primary N) is 1. The van der Waals surface area contributed by atoms with Crippen LogP contribution in [0.25, 0.3) is 0 Å². The van der Waals surface area contributed by atoms with Gasteiger partial charge in [-0.3, -0.25) is 4.79 Å². The average Bonchev–Trinajstić information content (AvgIpc) is 2.17. The van der Waals surface area contributed by atoms with Gasteiger partial charge in [0.15, 0.2) is 0 Å². The van der Waals surface area contributed by atoms with E-state index in [0.29, 0.717) is 0 Å². The molecule has 0 fully saturated rings. The minimum Gasteiger partial charge on any atom is -0.497 e. The van der Waals surface area contributed by atoms with Crippen molar-refractivity contribution in [3.63, 3.8) is 0 Å². The molecule has 0 saturated heterocycles. The number of amides is 1. The summed E-state index contributed by atoms with van der Waals surface area (Å²) >= 11 is 1.43. The number of hydrogen-bond acceptors (Lipinski definition) is 3. The fourth-order valence-corrected chi connectivity index (χ4v) is 2.02. The summed E-state index contributed by atoms with van der Waals surface area (Å²) < 4.78 is 4.50. The van der Waals surface area contributed by atoms with E-state index in [1.54, 1.807) is 21.0 Å². The highest BCUT2D eigenvalue weighted by Gasteiger charge is 2.26. The topological polar surface area (TPSA) is 52.3 Å². The lowest BCUT2D eigenvalue weighted by molar-refractivity contribution is -0.119. The molecule has 0 aromatic heterocycles. The van der Waals surface area contributed by atoms with Crippen LogP contribution in [-0.4, -0.2) is 17.8 Å². The van der Waals surface area contributed by atoms with Crippen LogP contribution in [0.2, 0.25) is 0 Å². The van der Waals surface area contributed by atoms with Crippen LogP contribution in [0.3, 0.4) is 0 Å². The third kappa shape index (κ3) is 3.16. The van der Waals surface area contributed by atoms with E-state index in [0.717, 1.165) is 10.6 Å². The van der Waals surface area contributed by atoms with Gasteiger partial charge in [0, 0.05) is 4.90 Å². The maximum Gasteiger partial charge on any atom is 0.233 e. The van der Waals surface area contributed by atoms with E-state index in [2.05, 4.69) is 0 Å². The zero-order valence-corrected chi connectivity index (χ0v) is 9.93. The first-order valence-electron chi connectivity index (χ1n) is 4.58. The number of carbonyl (C=O) groups is 1. The summed E-state index contributed by atoms with van der Waals surface area (Å²) in [6.45, 7) is 3.61. The molecule has 0 aliphatic rings. The lowest BCUT2D eigenvalue weighted by atomic mass is 10.2. The van der Waals surface area contributed by atoms with Crippen LogP contribution < -0.4 is 10.5 Å². The van der Waals surface area contributed by atoms with Gasteiger partial charge < -0.3 is 10.5 Å². The van der Waals surface area contributed by atoms with Gasteiger partial charge in [-0.2, -0.15) is 0 Å². The highest BCUT2D eigenvalue weighted by atomic mass is 32.2. The van der Waals surface area contributed by atoms with Gasteiger partial charge in [-0.25, -0.2) is 0 Å². The number of benzene rings is 1. The van der Waals surface area contributed by atoms with E-state index in [1.165, 1.54) is 11.8 Å². The molecule has 1 rings (SSSR count). The van der Waals surface area contributed by atoms with E-state index in [4.69, 9.17) is 10.5 Å². The summed E-state index contributed by atoms with van der Waals surface area (Å²) in [6, 6.07) is 7.56. The molecular formula is C11H15NO2S. The van der Waals surface area contributed by atoms with Crippen LogP contribution >= 0.6 is 11.8 Å². The van der Waals surface area contributed by atoms with Crippen LogP contribution in [0.1, 0.15) is 13.8 Å². The summed E-state index contributed by atoms with van der Waals surface area (Å²) in [7, 11) is 1.61. The van der Waals surface area contributed by atoms with Gasteiger partial charge in [0.2, 0.25) is 5.91 Å². The molecule has 1 amide bonds.